The van der Waals surface area contributed by atoms with Crippen molar-refractivity contribution in [2.45, 2.75) is 51.9 Å². The third-order valence-electron chi connectivity index (χ3n) is 1.65. The molecule has 3 heteroatoms. The zero-order valence-electron chi connectivity index (χ0n) is 9.34. The lowest BCUT2D eigenvalue weighted by atomic mass is 10.1. The van der Waals surface area contributed by atoms with Gasteiger partial charge in [0.25, 0.3) is 0 Å². The van der Waals surface area contributed by atoms with Crippen LogP contribution in [0.2, 0.25) is 0 Å². The summed E-state index contributed by atoms with van der Waals surface area (Å²) >= 11 is 0. The highest BCUT2D eigenvalue weighted by Gasteiger charge is 2.10. The molecule has 0 saturated heterocycles. The SMILES string of the molecule is CCCCC(N)C#CCOC(C)(C)O. The van der Waals surface area contributed by atoms with E-state index in [0.29, 0.717) is 0 Å². The van der Waals surface area contributed by atoms with Crippen LogP contribution in [0.4, 0.5) is 0 Å². The number of ether oxygens (including phenoxy) is 1. The molecule has 0 aromatic rings. The summed E-state index contributed by atoms with van der Waals surface area (Å²) in [6.45, 7) is 5.50. The summed E-state index contributed by atoms with van der Waals surface area (Å²) in [4.78, 5) is 0. The van der Waals surface area contributed by atoms with Crippen LogP contribution in [0.3, 0.4) is 0 Å². The van der Waals surface area contributed by atoms with E-state index in [1.54, 1.807) is 13.8 Å². The Balaban J connectivity index is 3.61. The first-order chi connectivity index (χ1) is 6.45. The van der Waals surface area contributed by atoms with Gasteiger partial charge in [0, 0.05) is 0 Å². The van der Waals surface area contributed by atoms with Crippen LogP contribution in [0, 0.1) is 11.8 Å². The van der Waals surface area contributed by atoms with E-state index in [4.69, 9.17) is 10.5 Å². The van der Waals surface area contributed by atoms with Crippen molar-refractivity contribution < 1.29 is 9.84 Å². The summed E-state index contributed by atoms with van der Waals surface area (Å²) in [7, 11) is 0. The highest BCUT2D eigenvalue weighted by Crippen LogP contribution is 2.01. The molecule has 0 bridgehead atoms. The number of hydrogen-bond acceptors (Lipinski definition) is 3. The molecule has 0 aliphatic rings. The minimum Gasteiger partial charge on any atom is -0.366 e. The Morgan fingerprint density at radius 2 is 2.14 bits per heavy atom. The Morgan fingerprint density at radius 1 is 1.50 bits per heavy atom. The maximum atomic E-state index is 9.20. The van der Waals surface area contributed by atoms with Crippen LogP contribution >= 0.6 is 0 Å². The molecule has 1 unspecified atom stereocenters. The van der Waals surface area contributed by atoms with Gasteiger partial charge in [0.1, 0.15) is 6.61 Å². The zero-order chi connectivity index (χ0) is 11.0. The van der Waals surface area contributed by atoms with E-state index < -0.39 is 5.79 Å². The summed E-state index contributed by atoms with van der Waals surface area (Å²) in [6.07, 6.45) is 3.16. The van der Waals surface area contributed by atoms with Gasteiger partial charge in [-0.3, -0.25) is 0 Å². The Morgan fingerprint density at radius 3 is 2.64 bits per heavy atom. The molecular weight excluding hydrogens is 178 g/mol. The quantitative estimate of drug-likeness (QED) is 0.517. The van der Waals surface area contributed by atoms with Gasteiger partial charge in [-0.2, -0.15) is 0 Å². The fourth-order valence-electron chi connectivity index (χ4n) is 0.882. The van der Waals surface area contributed by atoms with Crippen molar-refractivity contribution in [1.29, 1.82) is 0 Å². The Labute approximate surface area is 86.6 Å². The lowest BCUT2D eigenvalue weighted by molar-refractivity contribution is -0.166. The second-order valence-electron chi connectivity index (χ2n) is 3.81. The third kappa shape index (κ3) is 9.53. The molecule has 14 heavy (non-hydrogen) atoms. The average Bonchev–Trinajstić information content (AvgIpc) is 2.07. The average molecular weight is 199 g/mol. The molecule has 1 atom stereocenters. The second kappa shape index (κ2) is 6.83. The molecule has 0 aliphatic carbocycles. The summed E-state index contributed by atoms with van der Waals surface area (Å²) in [6, 6.07) is -0.0691. The molecule has 0 rings (SSSR count). The van der Waals surface area contributed by atoms with E-state index in [2.05, 4.69) is 18.8 Å². The van der Waals surface area contributed by atoms with Gasteiger partial charge in [-0.05, 0) is 20.3 Å². The molecule has 0 aromatic carbocycles. The Hall–Kier alpha value is -0.560. The number of unbranched alkanes of at least 4 members (excludes halogenated alkanes) is 1. The predicted octanol–water partition coefficient (Wildman–Crippen LogP) is 1.25. The standard InChI is InChI=1S/C11H21NO2/c1-4-5-7-10(12)8-6-9-14-11(2,3)13/h10,13H,4-5,7,9,12H2,1-3H3. The second-order valence-corrected chi connectivity index (χ2v) is 3.81. The van der Waals surface area contributed by atoms with Gasteiger partial charge >= 0.3 is 0 Å². The highest BCUT2D eigenvalue weighted by molar-refractivity contribution is 5.06. The van der Waals surface area contributed by atoms with Crippen molar-refractivity contribution in [3.05, 3.63) is 0 Å². The molecule has 3 N–H and O–H groups in total. The lowest BCUT2D eigenvalue weighted by Crippen LogP contribution is -2.23. The molecule has 82 valence electrons. The first kappa shape index (κ1) is 13.4. The third-order valence-corrected chi connectivity index (χ3v) is 1.65. The number of hydrogen-bond donors (Lipinski definition) is 2. The van der Waals surface area contributed by atoms with Crippen LogP contribution in [-0.4, -0.2) is 23.5 Å². The van der Waals surface area contributed by atoms with Gasteiger partial charge < -0.3 is 15.6 Å². The number of nitrogens with two attached hydrogens (primary N) is 1. The van der Waals surface area contributed by atoms with E-state index in [-0.39, 0.29) is 12.6 Å². The van der Waals surface area contributed by atoms with Gasteiger partial charge in [-0.15, -0.1) is 0 Å². The van der Waals surface area contributed by atoms with Crippen molar-refractivity contribution >= 4 is 0 Å². The monoisotopic (exact) mass is 199 g/mol. The fourth-order valence-corrected chi connectivity index (χ4v) is 0.882. The van der Waals surface area contributed by atoms with Crippen LogP contribution in [0.1, 0.15) is 40.0 Å². The van der Waals surface area contributed by atoms with Gasteiger partial charge in [0.15, 0.2) is 5.79 Å². The van der Waals surface area contributed by atoms with E-state index in [9.17, 15) is 5.11 Å². The van der Waals surface area contributed by atoms with Gasteiger partial charge in [-0.1, -0.05) is 31.6 Å². The van der Waals surface area contributed by atoms with E-state index in [1.807, 2.05) is 0 Å². The maximum absolute atomic E-state index is 9.20. The Bertz CT molecular complexity index is 198. The van der Waals surface area contributed by atoms with Gasteiger partial charge in [0.2, 0.25) is 0 Å². The van der Waals surface area contributed by atoms with Crippen molar-refractivity contribution in [1.82, 2.24) is 0 Å². The molecular formula is C11H21NO2. The molecule has 0 aromatic heterocycles. The van der Waals surface area contributed by atoms with Crippen LogP contribution in [0.5, 0.6) is 0 Å². The van der Waals surface area contributed by atoms with E-state index in [0.717, 1.165) is 19.3 Å². The fraction of sp³-hybridized carbons (Fsp3) is 0.818. The molecule has 0 heterocycles. The van der Waals surface area contributed by atoms with Crippen LogP contribution < -0.4 is 5.73 Å². The van der Waals surface area contributed by atoms with Crippen molar-refractivity contribution in [3.8, 4) is 11.8 Å². The summed E-state index contributed by atoms with van der Waals surface area (Å²) in [5, 5.41) is 9.20. The van der Waals surface area contributed by atoms with Crippen LogP contribution in [0.15, 0.2) is 0 Å². The maximum Gasteiger partial charge on any atom is 0.161 e. The number of aliphatic hydroxyl groups is 1. The lowest BCUT2D eigenvalue weighted by Gasteiger charge is -2.15. The van der Waals surface area contributed by atoms with Crippen molar-refractivity contribution in [3.63, 3.8) is 0 Å². The first-order valence-corrected chi connectivity index (χ1v) is 5.06. The largest absolute Gasteiger partial charge is 0.366 e. The van der Waals surface area contributed by atoms with Crippen LogP contribution in [0.25, 0.3) is 0 Å². The zero-order valence-corrected chi connectivity index (χ0v) is 9.34. The highest BCUT2D eigenvalue weighted by atomic mass is 16.6. The molecule has 0 radical (unpaired) electrons. The van der Waals surface area contributed by atoms with E-state index in [1.165, 1.54) is 0 Å². The van der Waals surface area contributed by atoms with Crippen molar-refractivity contribution in [2.24, 2.45) is 5.73 Å². The topological polar surface area (TPSA) is 55.5 Å². The molecule has 0 spiro atoms. The number of rotatable bonds is 5. The minimum absolute atomic E-state index is 0.0691. The van der Waals surface area contributed by atoms with Crippen molar-refractivity contribution in [2.75, 3.05) is 6.61 Å². The molecule has 0 aliphatic heterocycles. The van der Waals surface area contributed by atoms with Crippen LogP contribution in [-0.2, 0) is 4.74 Å². The van der Waals surface area contributed by atoms with Gasteiger partial charge in [0.05, 0.1) is 6.04 Å². The van der Waals surface area contributed by atoms with E-state index >= 15 is 0 Å². The van der Waals surface area contributed by atoms with Gasteiger partial charge in [-0.25, -0.2) is 0 Å². The molecule has 0 amide bonds. The minimum atomic E-state index is -1.11. The Kier molecular flexibility index (Phi) is 6.56. The molecule has 0 fully saturated rings. The molecule has 0 saturated carbocycles. The predicted molar refractivity (Wildman–Crippen MR) is 57.5 cm³/mol. The summed E-state index contributed by atoms with van der Waals surface area (Å²) < 4.78 is 5.01. The summed E-state index contributed by atoms with van der Waals surface area (Å²) in [5.41, 5.74) is 5.72. The first-order valence-electron chi connectivity index (χ1n) is 5.06. The normalized spacial score (nSPS) is 13.2. The smallest absolute Gasteiger partial charge is 0.161 e. The molecule has 3 nitrogen and oxygen atoms in total. The summed E-state index contributed by atoms with van der Waals surface area (Å²) in [5.74, 6) is 4.57.